The van der Waals surface area contributed by atoms with E-state index in [9.17, 15) is 18.0 Å². The molecule has 0 unspecified atom stereocenters. The molecule has 5 rings (SSSR count). The molecule has 0 radical (unpaired) electrons. The van der Waals surface area contributed by atoms with Crippen LogP contribution in [0.15, 0.2) is 43.1 Å². The summed E-state index contributed by atoms with van der Waals surface area (Å²) in [5, 5.41) is 0. The summed E-state index contributed by atoms with van der Waals surface area (Å²) in [5.74, 6) is -0.111. The van der Waals surface area contributed by atoms with Crippen LogP contribution < -0.4 is 5.73 Å². The van der Waals surface area contributed by atoms with Crippen molar-refractivity contribution < 1.29 is 22.7 Å². The van der Waals surface area contributed by atoms with E-state index in [-0.39, 0.29) is 30.8 Å². The van der Waals surface area contributed by atoms with Crippen LogP contribution >= 0.6 is 0 Å². The van der Waals surface area contributed by atoms with Gasteiger partial charge in [-0.1, -0.05) is 0 Å². The van der Waals surface area contributed by atoms with Gasteiger partial charge in [0.15, 0.2) is 0 Å². The Bertz CT molecular complexity index is 1350. The molecule has 5 heterocycles. The number of nitrogen functional groups attached to an aromatic ring is 1. The Morgan fingerprint density at radius 1 is 1.15 bits per heavy atom. The number of carbonyl (C=O) groups is 1. The summed E-state index contributed by atoms with van der Waals surface area (Å²) in [7, 11) is 0. The van der Waals surface area contributed by atoms with Crippen molar-refractivity contribution >= 4 is 28.3 Å². The molecule has 1 amide bonds. The van der Waals surface area contributed by atoms with Crippen molar-refractivity contribution in [3.63, 3.8) is 0 Å². The third kappa shape index (κ3) is 3.61. The summed E-state index contributed by atoms with van der Waals surface area (Å²) in [6.07, 6.45) is 0.852. The van der Waals surface area contributed by atoms with Crippen LogP contribution in [0.1, 0.15) is 34.7 Å². The van der Waals surface area contributed by atoms with Crippen LogP contribution in [0.3, 0.4) is 0 Å². The highest BCUT2D eigenvalue weighted by Gasteiger charge is 2.37. The monoisotopic (exact) mass is 457 g/mol. The maximum Gasteiger partial charge on any atom is 0.417 e. The number of nitrogens with two attached hydrogens (primary N) is 1. The van der Waals surface area contributed by atoms with Gasteiger partial charge in [-0.05, 0) is 25.1 Å². The van der Waals surface area contributed by atoms with Crippen LogP contribution in [0.5, 0.6) is 0 Å². The fourth-order valence-corrected chi connectivity index (χ4v) is 3.99. The number of rotatable bonds is 2. The van der Waals surface area contributed by atoms with E-state index in [0.29, 0.717) is 22.2 Å². The maximum absolute atomic E-state index is 13.5. The molecule has 1 aliphatic heterocycles. The second kappa shape index (κ2) is 7.66. The Balaban J connectivity index is 1.53. The molecule has 0 bridgehead atoms. The fraction of sp³-hybridized carbons (Fsp3) is 0.286. The number of hydrogen-bond acceptors (Lipinski definition) is 7. The third-order valence-corrected chi connectivity index (χ3v) is 5.62. The van der Waals surface area contributed by atoms with Crippen molar-refractivity contribution in [2.75, 3.05) is 18.9 Å². The van der Waals surface area contributed by atoms with Gasteiger partial charge in [-0.3, -0.25) is 14.2 Å². The number of nitrogens with zero attached hydrogens (tertiary/aromatic N) is 6. The number of pyridine rings is 2. The molecule has 4 aromatic heterocycles. The van der Waals surface area contributed by atoms with Crippen LogP contribution in [0.2, 0.25) is 0 Å². The van der Waals surface area contributed by atoms with E-state index < -0.39 is 23.7 Å². The molecule has 0 saturated carbocycles. The molecule has 0 aromatic carbocycles. The molecule has 2 N–H and O–H groups in total. The van der Waals surface area contributed by atoms with E-state index in [1.54, 1.807) is 34.8 Å². The van der Waals surface area contributed by atoms with Gasteiger partial charge in [-0.2, -0.15) is 13.2 Å². The smallest absolute Gasteiger partial charge is 0.382 e. The first-order valence-corrected chi connectivity index (χ1v) is 10.0. The number of ether oxygens (including phenoxy) is 1. The SMILES string of the molecule is C[C@@H]1COC[C@H](c2ccc(C(F)(F)F)cn2)N1C(=O)c1cc2c(cn1)nc(N)c1cncn12. The molecule has 33 heavy (non-hydrogen) atoms. The van der Waals surface area contributed by atoms with E-state index >= 15 is 0 Å². The van der Waals surface area contributed by atoms with Gasteiger partial charge in [-0.15, -0.1) is 0 Å². The first-order valence-electron chi connectivity index (χ1n) is 10.0. The normalized spacial score (nSPS) is 19.3. The molecule has 0 spiro atoms. The zero-order valence-electron chi connectivity index (χ0n) is 17.3. The van der Waals surface area contributed by atoms with E-state index in [4.69, 9.17) is 10.5 Å². The molecule has 4 aromatic rings. The summed E-state index contributed by atoms with van der Waals surface area (Å²) in [4.78, 5) is 31.7. The second-order valence-electron chi connectivity index (χ2n) is 7.79. The van der Waals surface area contributed by atoms with Crippen LogP contribution in [-0.2, 0) is 10.9 Å². The minimum absolute atomic E-state index is 0.103. The van der Waals surface area contributed by atoms with Crippen LogP contribution in [0.25, 0.3) is 16.6 Å². The molecule has 12 heteroatoms. The Morgan fingerprint density at radius 2 is 1.97 bits per heavy atom. The van der Waals surface area contributed by atoms with Gasteiger partial charge >= 0.3 is 6.18 Å². The zero-order chi connectivity index (χ0) is 23.3. The van der Waals surface area contributed by atoms with Crippen LogP contribution in [0.4, 0.5) is 19.0 Å². The minimum atomic E-state index is -4.50. The number of aromatic nitrogens is 5. The summed E-state index contributed by atoms with van der Waals surface area (Å²) in [6, 6.07) is 2.79. The predicted molar refractivity (Wildman–Crippen MR) is 111 cm³/mol. The van der Waals surface area contributed by atoms with Gasteiger partial charge in [0.05, 0.1) is 60.8 Å². The maximum atomic E-state index is 13.5. The Labute approximate surface area is 185 Å². The predicted octanol–water partition coefficient (Wildman–Crippen LogP) is 2.88. The van der Waals surface area contributed by atoms with Crippen molar-refractivity contribution in [1.29, 1.82) is 0 Å². The van der Waals surface area contributed by atoms with Crippen molar-refractivity contribution in [2.24, 2.45) is 0 Å². The lowest BCUT2D eigenvalue weighted by atomic mass is 10.1. The minimum Gasteiger partial charge on any atom is -0.382 e. The third-order valence-electron chi connectivity index (χ3n) is 5.62. The average molecular weight is 457 g/mol. The van der Waals surface area contributed by atoms with Crippen molar-refractivity contribution in [3.05, 3.63) is 60.1 Å². The van der Waals surface area contributed by atoms with Gasteiger partial charge in [-0.25, -0.2) is 15.0 Å². The van der Waals surface area contributed by atoms with Crippen molar-refractivity contribution in [2.45, 2.75) is 25.2 Å². The fourth-order valence-electron chi connectivity index (χ4n) is 3.99. The van der Waals surface area contributed by atoms with Gasteiger partial charge in [0.25, 0.3) is 5.91 Å². The molecule has 1 aliphatic rings. The molecule has 9 nitrogen and oxygen atoms in total. The average Bonchev–Trinajstić information content (AvgIpc) is 3.29. The number of hydrogen-bond donors (Lipinski definition) is 1. The number of fused-ring (bicyclic) bond motifs is 3. The number of alkyl halides is 3. The Kier molecular flexibility index (Phi) is 4.89. The van der Waals surface area contributed by atoms with Crippen LogP contribution in [-0.4, -0.2) is 54.4 Å². The number of amides is 1. The molecule has 170 valence electrons. The number of halogens is 3. The zero-order valence-corrected chi connectivity index (χ0v) is 17.3. The molecular weight excluding hydrogens is 439 g/mol. The molecule has 0 aliphatic carbocycles. The second-order valence-corrected chi connectivity index (χ2v) is 7.79. The standard InChI is InChI=1S/C21H18F3N7O2/c1-11-8-33-9-18(13-3-2-12(5-27-13)21(22,23)24)31(11)20(32)14-4-16-15(6-28-14)29-19(25)17-7-26-10-30(16)17/h2-7,10-11,18H,8-9H2,1H3,(H2,25,29)/t11-,18-/m1/s1. The summed E-state index contributed by atoms with van der Waals surface area (Å²) in [6.45, 7) is 2.18. The summed E-state index contributed by atoms with van der Waals surface area (Å²) >= 11 is 0. The van der Waals surface area contributed by atoms with E-state index in [1.165, 1.54) is 12.3 Å². The highest BCUT2D eigenvalue weighted by Crippen LogP contribution is 2.32. The molecule has 1 saturated heterocycles. The first kappa shape index (κ1) is 21.1. The lowest BCUT2D eigenvalue weighted by Crippen LogP contribution is -2.49. The number of imidazole rings is 1. The largest absolute Gasteiger partial charge is 0.417 e. The Hall–Kier alpha value is -3.80. The number of anilines is 1. The summed E-state index contributed by atoms with van der Waals surface area (Å²) < 4.78 is 46.1. The van der Waals surface area contributed by atoms with Gasteiger partial charge in [0.1, 0.15) is 22.5 Å². The topological polar surface area (TPSA) is 112 Å². The summed E-state index contributed by atoms with van der Waals surface area (Å²) in [5.41, 5.74) is 7.23. The lowest BCUT2D eigenvalue weighted by molar-refractivity contribution is -0.137. The highest BCUT2D eigenvalue weighted by molar-refractivity contribution is 5.96. The van der Waals surface area contributed by atoms with E-state index in [2.05, 4.69) is 19.9 Å². The van der Waals surface area contributed by atoms with E-state index in [1.807, 2.05) is 0 Å². The van der Waals surface area contributed by atoms with Gasteiger partial charge < -0.3 is 15.4 Å². The Morgan fingerprint density at radius 3 is 2.70 bits per heavy atom. The van der Waals surface area contributed by atoms with Gasteiger partial charge in [0, 0.05) is 6.20 Å². The first-order chi connectivity index (χ1) is 15.7. The van der Waals surface area contributed by atoms with Crippen molar-refractivity contribution in [1.82, 2.24) is 29.2 Å². The van der Waals surface area contributed by atoms with E-state index in [0.717, 1.165) is 12.3 Å². The van der Waals surface area contributed by atoms with Gasteiger partial charge in [0.2, 0.25) is 0 Å². The molecule has 2 atom stereocenters. The van der Waals surface area contributed by atoms with Crippen molar-refractivity contribution in [3.8, 4) is 0 Å². The number of carbonyl (C=O) groups excluding carboxylic acids is 1. The molecule has 1 fully saturated rings. The van der Waals surface area contributed by atoms with Crippen LogP contribution in [0, 0.1) is 0 Å². The lowest BCUT2D eigenvalue weighted by Gasteiger charge is -2.40. The molecular formula is C21H18F3N7O2. The highest BCUT2D eigenvalue weighted by atomic mass is 19.4. The quantitative estimate of drug-likeness (QED) is 0.493. The number of morpholine rings is 1.